The Labute approximate surface area is 177 Å². The fourth-order valence-corrected chi connectivity index (χ4v) is 4.16. The molecule has 0 unspecified atom stereocenters. The molecule has 0 bridgehead atoms. The zero-order valence-electron chi connectivity index (χ0n) is 19.5. The molecule has 29 heavy (non-hydrogen) atoms. The summed E-state index contributed by atoms with van der Waals surface area (Å²) in [6, 6.07) is 0. The van der Waals surface area contributed by atoms with Gasteiger partial charge in [-0.2, -0.15) is 0 Å². The SMILES string of the molecule is CC(C)(C)OC(=O)N1CCC(CCCC2CCN(C(=O)OC(C)(C)C)CC2)CC1. The first-order chi connectivity index (χ1) is 13.4. The fraction of sp³-hybridized carbons (Fsp3) is 0.913. The Balaban J connectivity index is 1.59. The minimum Gasteiger partial charge on any atom is -0.444 e. The van der Waals surface area contributed by atoms with Gasteiger partial charge in [0.1, 0.15) is 11.2 Å². The highest BCUT2D eigenvalue weighted by atomic mass is 16.6. The van der Waals surface area contributed by atoms with Gasteiger partial charge in [-0.3, -0.25) is 0 Å². The molecule has 0 spiro atoms. The first-order valence-electron chi connectivity index (χ1n) is 11.4. The molecule has 6 nitrogen and oxygen atoms in total. The lowest BCUT2D eigenvalue weighted by Gasteiger charge is -2.34. The fourth-order valence-electron chi connectivity index (χ4n) is 4.16. The van der Waals surface area contributed by atoms with Crippen molar-refractivity contribution in [1.82, 2.24) is 9.80 Å². The Bertz CT molecular complexity index is 486. The Hall–Kier alpha value is -1.46. The summed E-state index contributed by atoms with van der Waals surface area (Å²) in [6.07, 6.45) is 7.71. The summed E-state index contributed by atoms with van der Waals surface area (Å²) in [5.74, 6) is 1.44. The van der Waals surface area contributed by atoms with Crippen LogP contribution in [0.1, 0.15) is 86.5 Å². The van der Waals surface area contributed by atoms with E-state index in [4.69, 9.17) is 9.47 Å². The van der Waals surface area contributed by atoms with Crippen molar-refractivity contribution >= 4 is 12.2 Å². The molecule has 2 fully saturated rings. The first-order valence-corrected chi connectivity index (χ1v) is 11.4. The van der Waals surface area contributed by atoms with E-state index in [1.54, 1.807) is 0 Å². The molecule has 0 saturated carbocycles. The largest absolute Gasteiger partial charge is 0.444 e. The maximum atomic E-state index is 12.2. The van der Waals surface area contributed by atoms with Crippen molar-refractivity contribution < 1.29 is 19.1 Å². The van der Waals surface area contributed by atoms with Crippen LogP contribution in [0.25, 0.3) is 0 Å². The van der Waals surface area contributed by atoms with Crippen molar-refractivity contribution in [3.05, 3.63) is 0 Å². The van der Waals surface area contributed by atoms with Gasteiger partial charge in [0.2, 0.25) is 0 Å². The number of rotatable bonds is 4. The van der Waals surface area contributed by atoms with E-state index in [-0.39, 0.29) is 12.2 Å². The van der Waals surface area contributed by atoms with E-state index in [0.717, 1.165) is 63.7 Å². The van der Waals surface area contributed by atoms with Crippen LogP contribution in [0.3, 0.4) is 0 Å². The lowest BCUT2D eigenvalue weighted by molar-refractivity contribution is 0.0179. The summed E-state index contributed by atoms with van der Waals surface area (Å²) in [7, 11) is 0. The standard InChI is InChI=1S/C23H42N2O4/c1-22(2,3)28-20(26)24-14-10-18(11-15-24)8-7-9-19-12-16-25(17-13-19)21(27)29-23(4,5)6/h18-19H,7-17H2,1-6H3. The summed E-state index contributed by atoms with van der Waals surface area (Å²) in [4.78, 5) is 28.0. The Kier molecular flexibility index (Phi) is 8.24. The van der Waals surface area contributed by atoms with Gasteiger partial charge in [-0.15, -0.1) is 0 Å². The average molecular weight is 411 g/mol. The van der Waals surface area contributed by atoms with E-state index in [1.807, 2.05) is 51.3 Å². The lowest BCUT2D eigenvalue weighted by Crippen LogP contribution is -2.42. The number of likely N-dealkylation sites (tertiary alicyclic amines) is 2. The van der Waals surface area contributed by atoms with Gasteiger partial charge < -0.3 is 19.3 Å². The quantitative estimate of drug-likeness (QED) is 0.618. The number of piperidine rings is 2. The van der Waals surface area contributed by atoms with Crippen molar-refractivity contribution in [2.45, 2.75) is 97.7 Å². The minimum absolute atomic E-state index is 0.173. The van der Waals surface area contributed by atoms with Crippen LogP contribution in [0.15, 0.2) is 0 Å². The smallest absolute Gasteiger partial charge is 0.410 e. The van der Waals surface area contributed by atoms with E-state index in [2.05, 4.69) is 0 Å². The van der Waals surface area contributed by atoms with Crippen molar-refractivity contribution in [2.24, 2.45) is 11.8 Å². The molecule has 2 aliphatic rings. The van der Waals surface area contributed by atoms with Gasteiger partial charge in [0.25, 0.3) is 0 Å². The average Bonchev–Trinajstić information content (AvgIpc) is 2.60. The molecule has 0 radical (unpaired) electrons. The van der Waals surface area contributed by atoms with Gasteiger partial charge in [0, 0.05) is 26.2 Å². The van der Waals surface area contributed by atoms with Crippen molar-refractivity contribution in [1.29, 1.82) is 0 Å². The first kappa shape index (κ1) is 23.8. The number of hydrogen-bond donors (Lipinski definition) is 0. The predicted molar refractivity (Wildman–Crippen MR) is 115 cm³/mol. The number of nitrogens with zero attached hydrogens (tertiary/aromatic N) is 2. The molecule has 0 N–H and O–H groups in total. The molecule has 168 valence electrons. The second-order valence-electron chi connectivity index (χ2n) is 10.8. The van der Waals surface area contributed by atoms with Gasteiger partial charge in [-0.05, 0) is 79.1 Å². The highest BCUT2D eigenvalue weighted by Gasteiger charge is 2.28. The van der Waals surface area contributed by atoms with E-state index >= 15 is 0 Å². The van der Waals surface area contributed by atoms with Crippen LogP contribution in [0.2, 0.25) is 0 Å². The number of ether oxygens (including phenoxy) is 2. The third-order valence-electron chi connectivity index (χ3n) is 5.76. The molecular formula is C23H42N2O4. The summed E-state index contributed by atoms with van der Waals surface area (Å²) in [5, 5.41) is 0. The molecule has 2 saturated heterocycles. The van der Waals surface area contributed by atoms with Crippen molar-refractivity contribution in [3.8, 4) is 0 Å². The molecule has 6 heteroatoms. The molecule has 0 aromatic carbocycles. The van der Waals surface area contributed by atoms with E-state index in [0.29, 0.717) is 0 Å². The van der Waals surface area contributed by atoms with Gasteiger partial charge >= 0.3 is 12.2 Å². The minimum atomic E-state index is -0.424. The highest BCUT2D eigenvalue weighted by molar-refractivity contribution is 5.68. The maximum Gasteiger partial charge on any atom is 0.410 e. The van der Waals surface area contributed by atoms with Gasteiger partial charge in [-0.1, -0.05) is 19.3 Å². The number of carbonyl (C=O) groups is 2. The third-order valence-corrected chi connectivity index (χ3v) is 5.76. The van der Waals surface area contributed by atoms with E-state index < -0.39 is 11.2 Å². The van der Waals surface area contributed by atoms with Crippen LogP contribution in [0.4, 0.5) is 9.59 Å². The van der Waals surface area contributed by atoms with Gasteiger partial charge in [0.05, 0.1) is 0 Å². The zero-order valence-corrected chi connectivity index (χ0v) is 19.5. The van der Waals surface area contributed by atoms with Crippen LogP contribution in [-0.4, -0.2) is 59.4 Å². The Morgan fingerprint density at radius 3 is 1.28 bits per heavy atom. The van der Waals surface area contributed by atoms with E-state index in [9.17, 15) is 9.59 Å². The Morgan fingerprint density at radius 2 is 1.00 bits per heavy atom. The van der Waals surface area contributed by atoms with Crippen LogP contribution >= 0.6 is 0 Å². The molecule has 2 amide bonds. The van der Waals surface area contributed by atoms with Gasteiger partial charge in [0.15, 0.2) is 0 Å². The molecule has 0 atom stereocenters. The van der Waals surface area contributed by atoms with Crippen molar-refractivity contribution in [3.63, 3.8) is 0 Å². The maximum absolute atomic E-state index is 12.2. The summed E-state index contributed by atoms with van der Waals surface area (Å²) >= 11 is 0. The van der Waals surface area contributed by atoms with Crippen LogP contribution in [0, 0.1) is 11.8 Å². The van der Waals surface area contributed by atoms with Crippen LogP contribution < -0.4 is 0 Å². The topological polar surface area (TPSA) is 59.1 Å². The third kappa shape index (κ3) is 8.83. The molecular weight excluding hydrogens is 368 g/mol. The summed E-state index contributed by atoms with van der Waals surface area (Å²) < 4.78 is 11.0. The van der Waals surface area contributed by atoms with Crippen LogP contribution in [0.5, 0.6) is 0 Å². The highest BCUT2D eigenvalue weighted by Crippen LogP contribution is 2.28. The normalized spacial score (nSPS) is 19.9. The van der Waals surface area contributed by atoms with Crippen LogP contribution in [-0.2, 0) is 9.47 Å². The lowest BCUT2D eigenvalue weighted by atomic mass is 9.87. The monoisotopic (exact) mass is 410 g/mol. The molecule has 0 aromatic heterocycles. The number of amides is 2. The van der Waals surface area contributed by atoms with E-state index in [1.165, 1.54) is 19.3 Å². The number of carbonyl (C=O) groups excluding carboxylic acids is 2. The molecule has 2 aliphatic heterocycles. The van der Waals surface area contributed by atoms with Gasteiger partial charge in [-0.25, -0.2) is 9.59 Å². The zero-order chi connectivity index (χ0) is 21.7. The summed E-state index contributed by atoms with van der Waals surface area (Å²) in [5.41, 5.74) is -0.847. The molecule has 2 heterocycles. The molecule has 0 aliphatic carbocycles. The Morgan fingerprint density at radius 1 is 0.690 bits per heavy atom. The number of hydrogen-bond acceptors (Lipinski definition) is 4. The second-order valence-corrected chi connectivity index (χ2v) is 10.8. The predicted octanol–water partition coefficient (Wildman–Crippen LogP) is 5.45. The molecule has 2 rings (SSSR count). The second kappa shape index (κ2) is 10.0. The van der Waals surface area contributed by atoms with Crippen molar-refractivity contribution in [2.75, 3.05) is 26.2 Å². The molecule has 0 aromatic rings. The summed E-state index contributed by atoms with van der Waals surface area (Å²) in [6.45, 7) is 14.7.